The van der Waals surface area contributed by atoms with Gasteiger partial charge in [-0.05, 0) is 38.1 Å². The van der Waals surface area contributed by atoms with Crippen LogP contribution in [0.1, 0.15) is 28.8 Å². The van der Waals surface area contributed by atoms with Crippen molar-refractivity contribution in [2.45, 2.75) is 20.4 Å². The Hall–Kier alpha value is -2.43. The number of pyridine rings is 2. The van der Waals surface area contributed by atoms with E-state index in [1.807, 2.05) is 38.1 Å². The summed E-state index contributed by atoms with van der Waals surface area (Å²) < 4.78 is 0. The first-order valence-electron chi connectivity index (χ1n) is 6.59. The largest absolute Gasteiger partial charge is 0.385 e. The Morgan fingerprint density at radius 2 is 2.15 bits per heavy atom. The fraction of sp³-hybridized carbons (Fsp3) is 0.267. The molecule has 2 aromatic rings. The first-order valence-corrected chi connectivity index (χ1v) is 6.59. The monoisotopic (exact) mass is 270 g/mol. The number of aryl methyl sites for hydroxylation is 1. The fourth-order valence-corrected chi connectivity index (χ4v) is 1.83. The number of aromatic nitrogens is 2. The van der Waals surface area contributed by atoms with E-state index in [9.17, 15) is 4.79 Å². The Bertz CT molecular complexity index is 598. The standard InChI is InChI=1S/C15H18N4O/c1-3-16-12-7-8-17-14(9-12)15(20)18-10-13-6-4-5-11(2)19-13/h4-9H,3,10H2,1-2H3,(H,16,17)(H,18,20). The van der Waals surface area contributed by atoms with E-state index in [-0.39, 0.29) is 5.91 Å². The molecule has 5 heteroatoms. The van der Waals surface area contributed by atoms with Gasteiger partial charge in [0.25, 0.3) is 5.91 Å². The summed E-state index contributed by atoms with van der Waals surface area (Å²) in [4.78, 5) is 20.4. The summed E-state index contributed by atoms with van der Waals surface area (Å²) in [6, 6.07) is 9.31. The maximum atomic E-state index is 12.0. The maximum absolute atomic E-state index is 12.0. The van der Waals surface area contributed by atoms with E-state index in [2.05, 4.69) is 20.6 Å². The fourth-order valence-electron chi connectivity index (χ4n) is 1.83. The van der Waals surface area contributed by atoms with Gasteiger partial charge in [0.1, 0.15) is 5.69 Å². The van der Waals surface area contributed by atoms with E-state index >= 15 is 0 Å². The van der Waals surface area contributed by atoms with Gasteiger partial charge in [0, 0.05) is 24.1 Å². The Morgan fingerprint density at radius 3 is 2.90 bits per heavy atom. The summed E-state index contributed by atoms with van der Waals surface area (Å²) in [5.41, 5.74) is 3.06. The van der Waals surface area contributed by atoms with Crippen molar-refractivity contribution in [3.8, 4) is 0 Å². The first kappa shape index (κ1) is 14.0. The molecule has 0 aromatic carbocycles. The normalized spacial score (nSPS) is 10.1. The maximum Gasteiger partial charge on any atom is 0.270 e. The Kier molecular flexibility index (Phi) is 4.65. The van der Waals surface area contributed by atoms with Crippen LogP contribution in [-0.2, 0) is 6.54 Å². The lowest BCUT2D eigenvalue weighted by molar-refractivity contribution is 0.0945. The number of rotatable bonds is 5. The average Bonchev–Trinajstić information content (AvgIpc) is 2.45. The number of hydrogen-bond acceptors (Lipinski definition) is 4. The van der Waals surface area contributed by atoms with Crippen molar-refractivity contribution in [3.63, 3.8) is 0 Å². The van der Waals surface area contributed by atoms with E-state index in [4.69, 9.17) is 0 Å². The minimum atomic E-state index is -0.201. The van der Waals surface area contributed by atoms with E-state index in [1.54, 1.807) is 12.3 Å². The molecule has 1 amide bonds. The number of nitrogens with one attached hydrogen (secondary N) is 2. The highest BCUT2D eigenvalue weighted by Gasteiger charge is 2.07. The molecule has 0 bridgehead atoms. The number of carbonyl (C=O) groups is 1. The first-order chi connectivity index (χ1) is 9.69. The molecule has 2 rings (SSSR count). The Morgan fingerprint density at radius 1 is 1.30 bits per heavy atom. The molecule has 0 aliphatic rings. The van der Waals surface area contributed by atoms with E-state index in [0.29, 0.717) is 12.2 Å². The molecule has 0 unspecified atom stereocenters. The summed E-state index contributed by atoms with van der Waals surface area (Å²) >= 11 is 0. The van der Waals surface area contributed by atoms with Crippen LogP contribution in [0.5, 0.6) is 0 Å². The highest BCUT2D eigenvalue weighted by atomic mass is 16.1. The molecule has 2 aromatic heterocycles. The van der Waals surface area contributed by atoms with Gasteiger partial charge in [-0.25, -0.2) is 0 Å². The molecule has 104 valence electrons. The summed E-state index contributed by atoms with van der Waals surface area (Å²) in [6.45, 7) is 5.13. The van der Waals surface area contributed by atoms with Crippen molar-refractivity contribution in [2.24, 2.45) is 0 Å². The molecule has 0 atom stereocenters. The van der Waals surface area contributed by atoms with Crippen LogP contribution in [0.3, 0.4) is 0 Å². The zero-order valence-electron chi connectivity index (χ0n) is 11.7. The molecule has 2 heterocycles. The minimum absolute atomic E-state index is 0.201. The Balaban J connectivity index is 1.99. The number of hydrogen-bond donors (Lipinski definition) is 2. The molecule has 0 radical (unpaired) electrons. The molecule has 0 aliphatic carbocycles. The third-order valence-corrected chi connectivity index (χ3v) is 2.75. The summed E-state index contributed by atoms with van der Waals surface area (Å²) in [7, 11) is 0. The van der Waals surface area contributed by atoms with Gasteiger partial charge in [-0.15, -0.1) is 0 Å². The zero-order valence-corrected chi connectivity index (χ0v) is 11.7. The molecular formula is C15H18N4O. The van der Waals surface area contributed by atoms with Gasteiger partial charge >= 0.3 is 0 Å². The minimum Gasteiger partial charge on any atom is -0.385 e. The van der Waals surface area contributed by atoms with Crippen molar-refractivity contribution in [3.05, 3.63) is 53.6 Å². The third-order valence-electron chi connectivity index (χ3n) is 2.75. The van der Waals surface area contributed by atoms with Gasteiger partial charge in [-0.1, -0.05) is 6.07 Å². The van der Waals surface area contributed by atoms with Gasteiger partial charge in [0.15, 0.2) is 0 Å². The topological polar surface area (TPSA) is 66.9 Å². The van der Waals surface area contributed by atoms with Gasteiger partial charge in [0.05, 0.1) is 12.2 Å². The van der Waals surface area contributed by atoms with Crippen molar-refractivity contribution in [2.75, 3.05) is 11.9 Å². The average molecular weight is 270 g/mol. The second-order valence-electron chi connectivity index (χ2n) is 4.41. The van der Waals surface area contributed by atoms with Crippen LogP contribution in [-0.4, -0.2) is 22.4 Å². The predicted molar refractivity (Wildman–Crippen MR) is 78.5 cm³/mol. The van der Waals surface area contributed by atoms with Gasteiger partial charge in [0.2, 0.25) is 0 Å². The van der Waals surface area contributed by atoms with Gasteiger partial charge in [-0.2, -0.15) is 0 Å². The summed E-state index contributed by atoms with van der Waals surface area (Å²) in [5, 5.41) is 5.97. The molecular weight excluding hydrogens is 252 g/mol. The van der Waals surface area contributed by atoms with Crippen molar-refractivity contribution in [1.82, 2.24) is 15.3 Å². The highest BCUT2D eigenvalue weighted by Crippen LogP contribution is 2.07. The van der Waals surface area contributed by atoms with Gasteiger partial charge in [-0.3, -0.25) is 14.8 Å². The van der Waals surface area contributed by atoms with Crippen LogP contribution in [0, 0.1) is 6.92 Å². The number of carbonyl (C=O) groups excluding carboxylic acids is 1. The van der Waals surface area contributed by atoms with Crippen LogP contribution in [0.25, 0.3) is 0 Å². The summed E-state index contributed by atoms with van der Waals surface area (Å²) in [5.74, 6) is -0.201. The number of anilines is 1. The molecule has 0 aliphatic heterocycles. The smallest absolute Gasteiger partial charge is 0.270 e. The third kappa shape index (κ3) is 3.78. The van der Waals surface area contributed by atoms with E-state index in [0.717, 1.165) is 23.6 Å². The quantitative estimate of drug-likeness (QED) is 0.873. The van der Waals surface area contributed by atoms with Crippen molar-refractivity contribution in [1.29, 1.82) is 0 Å². The van der Waals surface area contributed by atoms with Gasteiger partial charge < -0.3 is 10.6 Å². The predicted octanol–water partition coefficient (Wildman–Crippen LogP) is 2.15. The van der Waals surface area contributed by atoms with Crippen LogP contribution in [0.4, 0.5) is 5.69 Å². The second kappa shape index (κ2) is 6.65. The van der Waals surface area contributed by atoms with E-state index in [1.165, 1.54) is 0 Å². The van der Waals surface area contributed by atoms with Crippen LogP contribution in [0.15, 0.2) is 36.5 Å². The molecule has 5 nitrogen and oxygen atoms in total. The van der Waals surface area contributed by atoms with Crippen LogP contribution < -0.4 is 10.6 Å². The molecule has 0 fully saturated rings. The molecule has 0 saturated heterocycles. The number of nitrogens with zero attached hydrogens (tertiary/aromatic N) is 2. The highest BCUT2D eigenvalue weighted by molar-refractivity contribution is 5.93. The molecule has 0 spiro atoms. The van der Waals surface area contributed by atoms with Crippen molar-refractivity contribution >= 4 is 11.6 Å². The number of amides is 1. The lowest BCUT2D eigenvalue weighted by Crippen LogP contribution is -2.24. The second-order valence-corrected chi connectivity index (χ2v) is 4.41. The Labute approximate surface area is 118 Å². The molecule has 2 N–H and O–H groups in total. The summed E-state index contributed by atoms with van der Waals surface area (Å²) in [6.07, 6.45) is 1.62. The van der Waals surface area contributed by atoms with Crippen molar-refractivity contribution < 1.29 is 4.79 Å². The van der Waals surface area contributed by atoms with Crippen LogP contribution >= 0.6 is 0 Å². The lowest BCUT2D eigenvalue weighted by Gasteiger charge is -2.07. The van der Waals surface area contributed by atoms with Crippen LogP contribution in [0.2, 0.25) is 0 Å². The lowest BCUT2D eigenvalue weighted by atomic mass is 10.2. The zero-order chi connectivity index (χ0) is 14.4. The SMILES string of the molecule is CCNc1ccnc(C(=O)NCc2cccc(C)n2)c1. The molecule has 0 saturated carbocycles. The molecule has 20 heavy (non-hydrogen) atoms. The van der Waals surface area contributed by atoms with E-state index < -0.39 is 0 Å².